The number of carbonyl (C=O) groups is 2. The second kappa shape index (κ2) is 8.53. The molecule has 5 aromatic rings. The van der Waals surface area contributed by atoms with Gasteiger partial charge in [-0.1, -0.05) is 24.3 Å². The van der Waals surface area contributed by atoms with Gasteiger partial charge in [0, 0.05) is 16.6 Å². The van der Waals surface area contributed by atoms with Crippen LogP contribution in [0.15, 0.2) is 71.5 Å². The monoisotopic (exact) mass is 469 g/mol. The molecule has 0 bridgehead atoms. The van der Waals surface area contributed by atoms with Crippen molar-refractivity contribution in [2.45, 2.75) is 13.5 Å². The number of anilines is 1. The Balaban J connectivity index is 1.36. The van der Waals surface area contributed by atoms with Crippen molar-refractivity contribution >= 4 is 49.9 Å². The molecule has 1 amide bonds. The molecule has 0 unspecified atom stereocenters. The number of carboxylic acids is 1. The average molecular weight is 470 g/mol. The molecule has 1 N–H and O–H groups in total. The fourth-order valence-corrected chi connectivity index (χ4v) is 4.75. The van der Waals surface area contributed by atoms with Crippen LogP contribution in [0.1, 0.15) is 16.1 Å². The first-order valence-electron chi connectivity index (χ1n) is 10.4. The molecule has 2 heterocycles. The predicted molar refractivity (Wildman–Crippen MR) is 129 cm³/mol. The van der Waals surface area contributed by atoms with Gasteiger partial charge < -0.3 is 15.2 Å². The number of hydrogen-bond donors (Lipinski definition) is 1. The highest BCUT2D eigenvalue weighted by Crippen LogP contribution is 2.31. The quantitative estimate of drug-likeness (QED) is 0.423. The maximum Gasteiger partial charge on any atom is 0.275 e. The van der Waals surface area contributed by atoms with Gasteiger partial charge in [-0.2, -0.15) is 5.10 Å². The number of amides is 1. The van der Waals surface area contributed by atoms with E-state index in [2.05, 4.69) is 21.5 Å². The first-order chi connectivity index (χ1) is 16.4. The molecule has 0 aliphatic heterocycles. The zero-order valence-corrected chi connectivity index (χ0v) is 18.8. The number of carbonyl (C=O) groups excluding carboxylic acids is 2. The van der Waals surface area contributed by atoms with Crippen molar-refractivity contribution in [3.63, 3.8) is 0 Å². The summed E-state index contributed by atoms with van der Waals surface area (Å²) in [5.74, 6) is -2.04. The molecular formula is C25H17N4O4S-. The van der Waals surface area contributed by atoms with E-state index in [-0.39, 0.29) is 10.8 Å². The van der Waals surface area contributed by atoms with E-state index < -0.39 is 29.7 Å². The lowest BCUT2D eigenvalue weighted by Crippen LogP contribution is -2.34. The van der Waals surface area contributed by atoms with E-state index in [1.807, 2.05) is 31.2 Å². The van der Waals surface area contributed by atoms with Gasteiger partial charge in [0.25, 0.3) is 5.56 Å². The molecule has 0 radical (unpaired) electrons. The zero-order valence-electron chi connectivity index (χ0n) is 17.9. The zero-order chi connectivity index (χ0) is 23.8. The minimum absolute atomic E-state index is 0.153. The maximum absolute atomic E-state index is 12.7. The molecule has 0 saturated heterocycles. The van der Waals surface area contributed by atoms with E-state index in [1.165, 1.54) is 17.7 Å². The molecule has 2 aromatic heterocycles. The summed E-state index contributed by atoms with van der Waals surface area (Å²) in [6, 6.07) is 19.5. The fraction of sp³-hybridized carbons (Fsp3) is 0.0800. The topological polar surface area (TPSA) is 117 Å². The summed E-state index contributed by atoms with van der Waals surface area (Å²) < 4.78 is 1.94. The third-order valence-electron chi connectivity index (χ3n) is 5.31. The summed E-state index contributed by atoms with van der Waals surface area (Å²) in [4.78, 5) is 41.4. The van der Waals surface area contributed by atoms with Gasteiger partial charge in [-0.05, 0) is 55.0 Å². The highest BCUT2D eigenvalue weighted by Gasteiger charge is 2.14. The summed E-state index contributed by atoms with van der Waals surface area (Å²) in [5, 5.41) is 19.2. The van der Waals surface area contributed by atoms with Crippen LogP contribution >= 0.6 is 11.3 Å². The third-order valence-corrected chi connectivity index (χ3v) is 6.38. The van der Waals surface area contributed by atoms with Gasteiger partial charge in [-0.25, -0.2) is 9.67 Å². The van der Waals surface area contributed by atoms with Crippen molar-refractivity contribution in [1.29, 1.82) is 0 Å². The van der Waals surface area contributed by atoms with Crippen molar-refractivity contribution in [1.82, 2.24) is 14.8 Å². The van der Waals surface area contributed by atoms with Gasteiger partial charge in [0.1, 0.15) is 17.2 Å². The lowest BCUT2D eigenvalue weighted by molar-refractivity contribution is -0.255. The second-order valence-corrected chi connectivity index (χ2v) is 8.79. The molecule has 0 fully saturated rings. The Morgan fingerprint density at radius 3 is 2.50 bits per heavy atom. The number of aromatic nitrogens is 3. The lowest BCUT2D eigenvalue weighted by Gasteiger charge is -2.12. The van der Waals surface area contributed by atoms with Crippen LogP contribution in [-0.4, -0.2) is 26.6 Å². The van der Waals surface area contributed by atoms with Crippen molar-refractivity contribution in [2.24, 2.45) is 0 Å². The van der Waals surface area contributed by atoms with Crippen LogP contribution in [0.25, 0.3) is 31.6 Å². The van der Waals surface area contributed by atoms with Gasteiger partial charge >= 0.3 is 0 Å². The van der Waals surface area contributed by atoms with Crippen LogP contribution < -0.4 is 16.0 Å². The van der Waals surface area contributed by atoms with Crippen LogP contribution in [0.5, 0.6) is 0 Å². The van der Waals surface area contributed by atoms with E-state index in [9.17, 15) is 19.5 Å². The molecule has 8 nitrogen and oxygen atoms in total. The largest absolute Gasteiger partial charge is 0.543 e. The molecule has 168 valence electrons. The smallest absolute Gasteiger partial charge is 0.275 e. The Morgan fingerprint density at radius 1 is 1.03 bits per heavy atom. The number of nitrogens with one attached hydrogen (secondary N) is 1. The van der Waals surface area contributed by atoms with Crippen molar-refractivity contribution < 1.29 is 14.7 Å². The van der Waals surface area contributed by atoms with Crippen molar-refractivity contribution in [3.05, 3.63) is 88.3 Å². The number of hydrogen-bond acceptors (Lipinski definition) is 7. The molecule has 0 spiro atoms. The number of nitrogens with zero attached hydrogens (tertiary/aromatic N) is 3. The van der Waals surface area contributed by atoms with Gasteiger partial charge in [-0.15, -0.1) is 11.3 Å². The lowest BCUT2D eigenvalue weighted by atomic mass is 10.1. The highest BCUT2D eigenvalue weighted by molar-refractivity contribution is 7.21. The van der Waals surface area contributed by atoms with E-state index in [4.69, 9.17) is 0 Å². The molecule has 3 aromatic carbocycles. The molecule has 5 rings (SSSR count). The predicted octanol–water partition coefficient (Wildman–Crippen LogP) is 2.98. The number of thiazole rings is 1. The van der Waals surface area contributed by atoms with E-state index in [0.29, 0.717) is 5.69 Å². The summed E-state index contributed by atoms with van der Waals surface area (Å²) in [6.07, 6.45) is 0. The fourth-order valence-electron chi connectivity index (χ4n) is 3.68. The van der Waals surface area contributed by atoms with Gasteiger partial charge in [0.15, 0.2) is 0 Å². The summed E-state index contributed by atoms with van der Waals surface area (Å²) in [7, 11) is 0. The molecule has 0 atom stereocenters. The number of benzene rings is 3. The number of fused-ring (bicyclic) bond motifs is 2. The minimum atomic E-state index is -1.52. The number of aromatic carboxylic acids is 1. The summed E-state index contributed by atoms with van der Waals surface area (Å²) >= 11 is 1.59. The Kier molecular flexibility index (Phi) is 5.39. The Morgan fingerprint density at radius 2 is 1.76 bits per heavy atom. The Labute approximate surface area is 197 Å². The summed E-state index contributed by atoms with van der Waals surface area (Å²) in [5.41, 5.74) is 2.61. The average Bonchev–Trinajstić information content (AvgIpc) is 3.24. The van der Waals surface area contributed by atoms with Gasteiger partial charge in [0.2, 0.25) is 5.91 Å². The maximum atomic E-state index is 12.7. The van der Waals surface area contributed by atoms with Crippen LogP contribution in [0.2, 0.25) is 0 Å². The minimum Gasteiger partial charge on any atom is -0.543 e. The first-order valence-corrected chi connectivity index (χ1v) is 11.2. The first kappa shape index (κ1) is 21.5. The molecule has 34 heavy (non-hydrogen) atoms. The SMILES string of the molecule is Cc1ccc2nc(-c3ccc(NC(=O)Cn4nc(C(=O)[O-])c5ccccc5c4=O)cc3)sc2c1. The number of carboxylic acid groups (broad SMARTS) is 1. The highest BCUT2D eigenvalue weighted by atomic mass is 32.1. The van der Waals surface area contributed by atoms with Crippen LogP contribution in [0.4, 0.5) is 5.69 Å². The van der Waals surface area contributed by atoms with E-state index in [0.717, 1.165) is 25.5 Å². The van der Waals surface area contributed by atoms with Gasteiger partial charge in [-0.3, -0.25) is 9.59 Å². The second-order valence-electron chi connectivity index (χ2n) is 7.76. The molecule has 0 saturated carbocycles. The Hall–Kier alpha value is -4.37. The standard InChI is InChI=1S/C25H18N4O4S/c1-14-6-11-19-20(12-14)34-23(27-19)15-7-9-16(10-8-15)26-21(30)13-29-24(31)18-5-3-2-4-17(18)22(28-29)25(32)33/h2-12H,13H2,1H3,(H,26,30)(H,32,33)/p-1. The van der Waals surface area contributed by atoms with Crippen LogP contribution in [-0.2, 0) is 11.3 Å². The van der Waals surface area contributed by atoms with Gasteiger partial charge in [0.05, 0.1) is 21.6 Å². The third kappa shape index (κ3) is 4.04. The van der Waals surface area contributed by atoms with E-state index in [1.54, 1.807) is 35.6 Å². The molecule has 0 aliphatic carbocycles. The van der Waals surface area contributed by atoms with Crippen molar-refractivity contribution in [3.8, 4) is 10.6 Å². The normalized spacial score (nSPS) is 11.1. The van der Waals surface area contributed by atoms with Crippen LogP contribution in [0, 0.1) is 6.92 Å². The number of rotatable bonds is 5. The van der Waals surface area contributed by atoms with Crippen LogP contribution in [0.3, 0.4) is 0 Å². The molecule has 0 aliphatic rings. The van der Waals surface area contributed by atoms with Crippen molar-refractivity contribution in [2.75, 3.05) is 5.32 Å². The molecular weight excluding hydrogens is 452 g/mol. The molecule has 9 heteroatoms. The number of aryl methyl sites for hydroxylation is 1. The van der Waals surface area contributed by atoms with E-state index >= 15 is 0 Å². The Bertz CT molecular complexity index is 1640. The summed E-state index contributed by atoms with van der Waals surface area (Å²) in [6.45, 7) is 1.60.